The van der Waals surface area contributed by atoms with Crippen LogP contribution in [0.5, 0.6) is 0 Å². The Morgan fingerprint density at radius 1 is 1.38 bits per heavy atom. The van der Waals surface area contributed by atoms with E-state index in [4.69, 9.17) is 14.6 Å². The molecule has 1 aliphatic heterocycles. The monoisotopic (exact) mass is 366 g/mol. The van der Waals surface area contributed by atoms with Gasteiger partial charge in [0.15, 0.2) is 5.60 Å². The van der Waals surface area contributed by atoms with Crippen molar-refractivity contribution >= 4 is 11.9 Å². The fourth-order valence-electron chi connectivity index (χ4n) is 2.99. The van der Waals surface area contributed by atoms with Crippen molar-refractivity contribution < 1.29 is 34.4 Å². The predicted molar refractivity (Wildman–Crippen MR) is 92.9 cm³/mol. The number of hydrogen-bond acceptors (Lipinski definition) is 7. The topological polar surface area (TPSA) is 113 Å². The second kappa shape index (κ2) is 8.62. The minimum absolute atomic E-state index is 0.0179. The first-order valence-electron chi connectivity index (χ1n) is 8.65. The lowest BCUT2D eigenvalue weighted by Gasteiger charge is -2.21. The molecule has 1 aliphatic carbocycles. The van der Waals surface area contributed by atoms with E-state index in [0.29, 0.717) is 31.3 Å². The summed E-state index contributed by atoms with van der Waals surface area (Å²) in [4.78, 5) is 23.6. The summed E-state index contributed by atoms with van der Waals surface area (Å²) in [5.74, 6) is -1.51. The first-order chi connectivity index (χ1) is 12.3. The molecule has 1 saturated heterocycles. The Bertz CT molecular complexity index is 630. The third-order valence-corrected chi connectivity index (χ3v) is 4.78. The van der Waals surface area contributed by atoms with Gasteiger partial charge in [0.2, 0.25) is 0 Å². The van der Waals surface area contributed by atoms with Gasteiger partial charge in [-0.3, -0.25) is 0 Å². The standard InChI is InChI=1S/C19H26O7/c1-12-15-7-6-13(10-25-18(23)19(2,24)11-21)4-3-5-14(9-20)8-16(15)26-17(12)22/h5-6,15-16,20-21,24H,1,3-4,7-11H2,2H3. The third kappa shape index (κ3) is 4.81. The Labute approximate surface area is 152 Å². The Morgan fingerprint density at radius 3 is 2.77 bits per heavy atom. The van der Waals surface area contributed by atoms with Crippen LogP contribution in [0.25, 0.3) is 0 Å². The molecule has 26 heavy (non-hydrogen) atoms. The number of fused-ring (bicyclic) bond motifs is 1. The second-order valence-electron chi connectivity index (χ2n) is 6.94. The molecule has 0 aromatic carbocycles. The lowest BCUT2D eigenvalue weighted by Crippen LogP contribution is -2.40. The quantitative estimate of drug-likeness (QED) is 0.374. The van der Waals surface area contributed by atoms with Gasteiger partial charge in [-0.2, -0.15) is 0 Å². The molecular weight excluding hydrogens is 340 g/mol. The van der Waals surface area contributed by atoms with E-state index in [1.54, 1.807) is 0 Å². The van der Waals surface area contributed by atoms with Gasteiger partial charge in [-0.1, -0.05) is 18.7 Å². The van der Waals surface area contributed by atoms with Crippen LogP contribution in [-0.2, 0) is 19.1 Å². The Hall–Kier alpha value is -1.96. The maximum Gasteiger partial charge on any atom is 0.340 e. The predicted octanol–water partition coefficient (Wildman–Crippen LogP) is 0.790. The highest BCUT2D eigenvalue weighted by atomic mass is 16.6. The number of carbonyl (C=O) groups is 2. The molecule has 7 heteroatoms. The van der Waals surface area contributed by atoms with Gasteiger partial charge in [0, 0.05) is 17.9 Å². The van der Waals surface area contributed by atoms with Crippen molar-refractivity contribution in [2.75, 3.05) is 19.8 Å². The molecule has 3 atom stereocenters. The number of rotatable bonds is 5. The van der Waals surface area contributed by atoms with Crippen LogP contribution in [0.2, 0.25) is 0 Å². The van der Waals surface area contributed by atoms with Gasteiger partial charge in [0.05, 0.1) is 13.2 Å². The number of carbonyl (C=O) groups excluding carboxylic acids is 2. The molecule has 0 saturated carbocycles. The molecule has 3 N–H and O–H groups in total. The summed E-state index contributed by atoms with van der Waals surface area (Å²) in [6, 6.07) is 0. The number of esters is 2. The molecule has 0 amide bonds. The van der Waals surface area contributed by atoms with Crippen molar-refractivity contribution in [3.63, 3.8) is 0 Å². The van der Waals surface area contributed by atoms with Crippen molar-refractivity contribution in [3.05, 3.63) is 35.5 Å². The fourth-order valence-corrected chi connectivity index (χ4v) is 2.99. The molecule has 0 bridgehead atoms. The molecule has 7 nitrogen and oxygen atoms in total. The van der Waals surface area contributed by atoms with Crippen LogP contribution in [0, 0.1) is 5.92 Å². The normalized spacial score (nSPS) is 26.2. The van der Waals surface area contributed by atoms with Crippen molar-refractivity contribution in [3.8, 4) is 0 Å². The van der Waals surface area contributed by atoms with Crippen LogP contribution in [0.3, 0.4) is 0 Å². The van der Waals surface area contributed by atoms with Crippen molar-refractivity contribution in [1.29, 1.82) is 0 Å². The average Bonchev–Trinajstić information content (AvgIpc) is 2.89. The summed E-state index contributed by atoms with van der Waals surface area (Å²) in [6.07, 6.45) is 5.68. The van der Waals surface area contributed by atoms with Crippen LogP contribution in [0.1, 0.15) is 32.6 Å². The molecule has 0 aromatic heterocycles. The maximum atomic E-state index is 11.8. The van der Waals surface area contributed by atoms with E-state index in [0.717, 1.165) is 11.1 Å². The van der Waals surface area contributed by atoms with Gasteiger partial charge >= 0.3 is 11.9 Å². The summed E-state index contributed by atoms with van der Waals surface area (Å²) < 4.78 is 10.5. The highest BCUT2D eigenvalue weighted by Gasteiger charge is 2.38. The van der Waals surface area contributed by atoms with E-state index in [2.05, 4.69) is 6.58 Å². The maximum absolute atomic E-state index is 11.8. The molecule has 3 unspecified atom stereocenters. The van der Waals surface area contributed by atoms with E-state index in [-0.39, 0.29) is 25.2 Å². The first kappa shape index (κ1) is 20.4. The molecular formula is C19H26O7. The molecule has 2 aliphatic rings. The first-order valence-corrected chi connectivity index (χ1v) is 8.65. The molecule has 1 heterocycles. The number of hydrogen-bond donors (Lipinski definition) is 3. The molecule has 2 rings (SSSR count). The average molecular weight is 366 g/mol. The largest absolute Gasteiger partial charge is 0.459 e. The number of allylic oxidation sites excluding steroid dienone is 2. The number of ether oxygens (including phenoxy) is 2. The van der Waals surface area contributed by atoms with Crippen molar-refractivity contribution in [2.24, 2.45) is 5.92 Å². The van der Waals surface area contributed by atoms with E-state index in [1.165, 1.54) is 6.92 Å². The lowest BCUT2D eigenvalue weighted by atomic mass is 9.87. The van der Waals surface area contributed by atoms with Crippen molar-refractivity contribution in [2.45, 2.75) is 44.3 Å². The summed E-state index contributed by atoms with van der Waals surface area (Å²) in [5, 5.41) is 28.2. The van der Waals surface area contributed by atoms with Gasteiger partial charge in [-0.25, -0.2) is 9.59 Å². The second-order valence-corrected chi connectivity index (χ2v) is 6.94. The molecule has 0 aromatic rings. The zero-order valence-corrected chi connectivity index (χ0v) is 14.9. The Balaban J connectivity index is 2.12. The van der Waals surface area contributed by atoms with E-state index >= 15 is 0 Å². The minimum atomic E-state index is -1.94. The van der Waals surface area contributed by atoms with E-state index in [9.17, 15) is 19.8 Å². The van der Waals surface area contributed by atoms with Gasteiger partial charge in [-0.15, -0.1) is 0 Å². The smallest absolute Gasteiger partial charge is 0.340 e. The summed E-state index contributed by atoms with van der Waals surface area (Å²) >= 11 is 0. The molecule has 144 valence electrons. The number of aliphatic hydroxyl groups excluding tert-OH is 2. The number of aliphatic hydroxyl groups is 3. The fraction of sp³-hybridized carbons (Fsp3) is 0.579. The van der Waals surface area contributed by atoms with Crippen LogP contribution < -0.4 is 0 Å². The summed E-state index contributed by atoms with van der Waals surface area (Å²) in [5.41, 5.74) is 0.0899. The van der Waals surface area contributed by atoms with Crippen LogP contribution >= 0.6 is 0 Å². The van der Waals surface area contributed by atoms with Gasteiger partial charge in [0.25, 0.3) is 0 Å². The Morgan fingerprint density at radius 2 is 2.12 bits per heavy atom. The van der Waals surface area contributed by atoms with Gasteiger partial charge < -0.3 is 24.8 Å². The van der Waals surface area contributed by atoms with E-state index in [1.807, 2.05) is 12.2 Å². The zero-order valence-electron chi connectivity index (χ0n) is 14.9. The SMILES string of the molecule is C=C1C(=O)OC2CC(CO)=CCCC(COC(=O)C(C)(O)CO)=CCC12. The van der Waals surface area contributed by atoms with Crippen LogP contribution in [0.15, 0.2) is 35.5 Å². The molecule has 0 radical (unpaired) electrons. The van der Waals surface area contributed by atoms with Gasteiger partial charge in [0.1, 0.15) is 12.7 Å². The van der Waals surface area contributed by atoms with Crippen molar-refractivity contribution in [1.82, 2.24) is 0 Å². The third-order valence-electron chi connectivity index (χ3n) is 4.78. The van der Waals surface area contributed by atoms with Gasteiger partial charge in [-0.05, 0) is 37.3 Å². The lowest BCUT2D eigenvalue weighted by molar-refractivity contribution is -0.166. The molecule has 1 fully saturated rings. The minimum Gasteiger partial charge on any atom is -0.459 e. The summed E-state index contributed by atoms with van der Waals surface area (Å²) in [7, 11) is 0. The van der Waals surface area contributed by atoms with Crippen LogP contribution in [0.4, 0.5) is 0 Å². The summed E-state index contributed by atoms with van der Waals surface area (Å²) in [6.45, 7) is 4.14. The highest BCUT2D eigenvalue weighted by Crippen LogP contribution is 2.34. The highest BCUT2D eigenvalue weighted by molar-refractivity contribution is 5.90. The molecule has 0 spiro atoms. The Kier molecular flexibility index (Phi) is 6.75. The van der Waals surface area contributed by atoms with E-state index < -0.39 is 24.1 Å². The zero-order chi connectivity index (χ0) is 19.3. The van der Waals surface area contributed by atoms with Crippen LogP contribution in [-0.4, -0.2) is 58.8 Å².